The van der Waals surface area contributed by atoms with E-state index in [-0.39, 0.29) is 18.7 Å². The molecule has 0 unspecified atom stereocenters. The number of ether oxygens (including phenoxy) is 2. The summed E-state index contributed by atoms with van der Waals surface area (Å²) >= 11 is 6.35. The van der Waals surface area contributed by atoms with Gasteiger partial charge in [0, 0.05) is 13.0 Å². The molecule has 0 bridgehead atoms. The zero-order chi connectivity index (χ0) is 19.6. The molecule has 0 saturated carbocycles. The molecule has 0 heterocycles. The summed E-state index contributed by atoms with van der Waals surface area (Å²) < 4.78 is 11.2. The molecule has 0 aromatic heterocycles. The number of carbonyl (C=O) groups excluding carboxylic acids is 1. The van der Waals surface area contributed by atoms with Crippen LogP contribution in [0.15, 0.2) is 42.5 Å². The van der Waals surface area contributed by atoms with Crippen molar-refractivity contribution < 1.29 is 24.2 Å². The summed E-state index contributed by atoms with van der Waals surface area (Å²) in [4.78, 5) is 22.0. The first-order chi connectivity index (χ1) is 13.0. The van der Waals surface area contributed by atoms with Gasteiger partial charge < -0.3 is 19.9 Å². The molecule has 2 aromatic rings. The molecular weight excluding hydrogens is 370 g/mol. The SMILES string of the molecule is COc1cc(CCNC(=O)CCC(=O)O)cc(Cl)c1OCc1ccccc1. The van der Waals surface area contributed by atoms with Crippen LogP contribution in [0.25, 0.3) is 0 Å². The van der Waals surface area contributed by atoms with Crippen LogP contribution >= 0.6 is 11.6 Å². The summed E-state index contributed by atoms with van der Waals surface area (Å²) in [6, 6.07) is 13.3. The van der Waals surface area contributed by atoms with E-state index < -0.39 is 5.97 Å². The third-order valence-corrected chi connectivity index (χ3v) is 4.10. The van der Waals surface area contributed by atoms with Crippen molar-refractivity contribution in [2.75, 3.05) is 13.7 Å². The van der Waals surface area contributed by atoms with Gasteiger partial charge in [-0.05, 0) is 29.7 Å². The first-order valence-electron chi connectivity index (χ1n) is 8.51. The van der Waals surface area contributed by atoms with Crippen LogP contribution in [0.3, 0.4) is 0 Å². The highest BCUT2D eigenvalue weighted by Crippen LogP contribution is 2.37. The molecule has 2 rings (SSSR count). The maximum atomic E-state index is 11.6. The Morgan fingerprint density at radius 3 is 2.52 bits per heavy atom. The fourth-order valence-corrected chi connectivity index (χ4v) is 2.73. The van der Waals surface area contributed by atoms with Gasteiger partial charge in [-0.25, -0.2) is 0 Å². The lowest BCUT2D eigenvalue weighted by molar-refractivity contribution is -0.138. The standard InChI is InChI=1S/C20H22ClNO5/c1-26-17-12-15(9-10-22-18(23)7-8-19(24)25)11-16(21)20(17)27-13-14-5-3-2-4-6-14/h2-6,11-12H,7-10,13H2,1H3,(H,22,23)(H,24,25). The number of hydrogen-bond donors (Lipinski definition) is 2. The predicted octanol–water partition coefficient (Wildman–Crippen LogP) is 3.45. The number of benzene rings is 2. The van der Waals surface area contributed by atoms with Crippen LogP contribution in [-0.2, 0) is 22.6 Å². The van der Waals surface area contributed by atoms with Crippen molar-refractivity contribution in [3.05, 3.63) is 58.6 Å². The number of halogens is 1. The molecule has 27 heavy (non-hydrogen) atoms. The number of aliphatic carboxylic acids is 1. The third kappa shape index (κ3) is 6.83. The molecule has 0 radical (unpaired) electrons. The van der Waals surface area contributed by atoms with Crippen LogP contribution in [0.1, 0.15) is 24.0 Å². The Morgan fingerprint density at radius 1 is 1.11 bits per heavy atom. The zero-order valence-electron chi connectivity index (χ0n) is 15.0. The van der Waals surface area contributed by atoms with Crippen molar-refractivity contribution in [2.45, 2.75) is 25.9 Å². The second-order valence-corrected chi connectivity index (χ2v) is 6.28. The maximum Gasteiger partial charge on any atom is 0.303 e. The van der Waals surface area contributed by atoms with Crippen molar-refractivity contribution in [1.29, 1.82) is 0 Å². The molecule has 0 aliphatic carbocycles. The summed E-state index contributed by atoms with van der Waals surface area (Å²) in [5.41, 5.74) is 1.89. The highest BCUT2D eigenvalue weighted by molar-refractivity contribution is 6.32. The van der Waals surface area contributed by atoms with Gasteiger partial charge >= 0.3 is 5.97 Å². The lowest BCUT2D eigenvalue weighted by Gasteiger charge is -2.14. The van der Waals surface area contributed by atoms with Crippen LogP contribution < -0.4 is 14.8 Å². The Labute approximate surface area is 163 Å². The third-order valence-electron chi connectivity index (χ3n) is 3.82. The molecule has 0 atom stereocenters. The molecule has 6 nitrogen and oxygen atoms in total. The summed E-state index contributed by atoms with van der Waals surface area (Å²) in [5, 5.41) is 11.7. The predicted molar refractivity (Wildman–Crippen MR) is 102 cm³/mol. The Morgan fingerprint density at radius 2 is 1.85 bits per heavy atom. The minimum atomic E-state index is -0.993. The molecule has 0 aliphatic heterocycles. The Bertz CT molecular complexity index is 779. The number of rotatable bonds is 10. The van der Waals surface area contributed by atoms with Crippen molar-refractivity contribution in [2.24, 2.45) is 0 Å². The van der Waals surface area contributed by atoms with E-state index in [1.807, 2.05) is 36.4 Å². The van der Waals surface area contributed by atoms with E-state index in [0.717, 1.165) is 11.1 Å². The number of nitrogens with one attached hydrogen (secondary N) is 1. The minimum Gasteiger partial charge on any atom is -0.493 e. The Hall–Kier alpha value is -2.73. The van der Waals surface area contributed by atoms with Gasteiger partial charge in [0.15, 0.2) is 11.5 Å². The van der Waals surface area contributed by atoms with Gasteiger partial charge in [-0.1, -0.05) is 41.9 Å². The van der Waals surface area contributed by atoms with E-state index in [1.165, 1.54) is 0 Å². The molecule has 1 amide bonds. The topological polar surface area (TPSA) is 84.9 Å². The normalized spacial score (nSPS) is 10.3. The minimum absolute atomic E-state index is 0.0360. The quantitative estimate of drug-likeness (QED) is 0.648. The van der Waals surface area contributed by atoms with Gasteiger partial charge in [-0.2, -0.15) is 0 Å². The lowest BCUT2D eigenvalue weighted by Crippen LogP contribution is -2.26. The van der Waals surface area contributed by atoms with Crippen molar-refractivity contribution in [3.8, 4) is 11.5 Å². The van der Waals surface area contributed by atoms with Gasteiger partial charge in [0.25, 0.3) is 0 Å². The number of amides is 1. The van der Waals surface area contributed by atoms with E-state index in [9.17, 15) is 9.59 Å². The van der Waals surface area contributed by atoms with Crippen molar-refractivity contribution >= 4 is 23.5 Å². The number of carboxylic acids is 1. The van der Waals surface area contributed by atoms with Gasteiger partial charge in [-0.3, -0.25) is 9.59 Å². The van der Waals surface area contributed by atoms with Crippen molar-refractivity contribution in [3.63, 3.8) is 0 Å². The smallest absolute Gasteiger partial charge is 0.303 e. The van der Waals surface area contributed by atoms with Crippen LogP contribution in [0, 0.1) is 0 Å². The van der Waals surface area contributed by atoms with E-state index in [1.54, 1.807) is 13.2 Å². The van der Waals surface area contributed by atoms with Crippen LogP contribution in [0.2, 0.25) is 5.02 Å². The molecule has 0 saturated heterocycles. The molecule has 0 spiro atoms. The Balaban J connectivity index is 1.94. The summed E-state index contributed by atoms with van der Waals surface area (Å²) in [7, 11) is 1.54. The number of methoxy groups -OCH3 is 1. The first kappa shape index (κ1) is 20.6. The second kappa shape index (κ2) is 10.4. The van der Waals surface area contributed by atoms with Gasteiger partial charge in [0.2, 0.25) is 5.91 Å². The maximum absolute atomic E-state index is 11.6. The largest absolute Gasteiger partial charge is 0.493 e. The fraction of sp³-hybridized carbons (Fsp3) is 0.300. The fourth-order valence-electron chi connectivity index (χ4n) is 2.44. The average Bonchev–Trinajstić information content (AvgIpc) is 2.66. The van der Waals surface area contributed by atoms with Crippen molar-refractivity contribution in [1.82, 2.24) is 5.32 Å². The highest BCUT2D eigenvalue weighted by atomic mass is 35.5. The zero-order valence-corrected chi connectivity index (χ0v) is 15.8. The highest BCUT2D eigenvalue weighted by Gasteiger charge is 2.13. The second-order valence-electron chi connectivity index (χ2n) is 5.88. The summed E-state index contributed by atoms with van der Waals surface area (Å²) in [6.07, 6.45) is 0.318. The van der Waals surface area contributed by atoms with Crippen LogP contribution in [0.4, 0.5) is 0 Å². The number of carboxylic acid groups (broad SMARTS) is 1. The lowest BCUT2D eigenvalue weighted by atomic mass is 10.1. The molecule has 2 aromatic carbocycles. The number of hydrogen-bond acceptors (Lipinski definition) is 4. The Kier molecular flexibility index (Phi) is 7.95. The molecular formula is C20H22ClNO5. The first-order valence-corrected chi connectivity index (χ1v) is 8.89. The monoisotopic (exact) mass is 391 g/mol. The molecule has 0 fully saturated rings. The van der Waals surface area contributed by atoms with E-state index >= 15 is 0 Å². The average molecular weight is 392 g/mol. The van der Waals surface area contributed by atoms with Gasteiger partial charge in [0.1, 0.15) is 6.61 Å². The van der Waals surface area contributed by atoms with Gasteiger partial charge in [0.05, 0.1) is 18.6 Å². The molecule has 7 heteroatoms. The number of carbonyl (C=O) groups is 2. The molecule has 0 aliphatic rings. The van der Waals surface area contributed by atoms with E-state index in [4.69, 9.17) is 26.2 Å². The molecule has 2 N–H and O–H groups in total. The van der Waals surface area contributed by atoms with Crippen LogP contribution in [0.5, 0.6) is 11.5 Å². The van der Waals surface area contributed by atoms with Crippen LogP contribution in [-0.4, -0.2) is 30.6 Å². The van der Waals surface area contributed by atoms with E-state index in [2.05, 4.69) is 5.32 Å². The summed E-state index contributed by atoms with van der Waals surface area (Å²) in [6.45, 7) is 0.748. The van der Waals surface area contributed by atoms with E-state index in [0.29, 0.717) is 36.1 Å². The molecule has 144 valence electrons. The summed E-state index contributed by atoms with van der Waals surface area (Å²) in [5.74, 6) is -0.297. The van der Waals surface area contributed by atoms with Gasteiger partial charge in [-0.15, -0.1) is 0 Å².